The molecule has 0 spiro atoms. The number of carbonyl (C=O) groups is 1. The van der Waals surface area contributed by atoms with Crippen molar-refractivity contribution in [2.45, 2.75) is 19.4 Å². The smallest absolute Gasteiger partial charge is 0.256 e. The summed E-state index contributed by atoms with van der Waals surface area (Å²) in [4.78, 5) is 11.4. The van der Waals surface area contributed by atoms with Crippen molar-refractivity contribution in [1.82, 2.24) is 5.32 Å². The molecule has 1 amide bonds. The molecule has 0 aliphatic heterocycles. The van der Waals surface area contributed by atoms with Crippen molar-refractivity contribution in [1.29, 1.82) is 5.26 Å². The first-order chi connectivity index (χ1) is 6.35. The van der Waals surface area contributed by atoms with Gasteiger partial charge in [-0.1, -0.05) is 23.2 Å². The Morgan fingerprint density at radius 1 is 1.50 bits per heavy atom. The van der Waals surface area contributed by atoms with Crippen molar-refractivity contribution in [3.8, 4) is 6.07 Å². The van der Waals surface area contributed by atoms with Crippen LogP contribution in [-0.4, -0.2) is 18.6 Å². The zero-order valence-electron chi connectivity index (χ0n) is 8.02. The Morgan fingerprint density at radius 3 is 2.29 bits per heavy atom. The van der Waals surface area contributed by atoms with Gasteiger partial charge in [0.2, 0.25) is 0 Å². The largest absolute Gasteiger partial charge is 0.369 e. The monoisotopic (exact) mass is 236 g/mol. The average molecular weight is 237 g/mol. The standard InChI is InChI=1S/C8H10Cl2N2O2/c1-8(2,14-3)7(13)12-5(4-11)6(9)10/h1-3H3,(H,12,13). The summed E-state index contributed by atoms with van der Waals surface area (Å²) in [5, 5.41) is 10.8. The van der Waals surface area contributed by atoms with E-state index in [4.69, 9.17) is 33.2 Å². The SMILES string of the molecule is COC(C)(C)C(=O)NC(C#N)=C(Cl)Cl. The number of ether oxygens (including phenoxy) is 1. The number of nitrogens with one attached hydrogen (secondary N) is 1. The summed E-state index contributed by atoms with van der Waals surface area (Å²) in [7, 11) is 1.39. The highest BCUT2D eigenvalue weighted by molar-refractivity contribution is 6.56. The molecule has 0 radical (unpaired) electrons. The first kappa shape index (κ1) is 13.2. The van der Waals surface area contributed by atoms with Gasteiger partial charge in [-0.3, -0.25) is 4.79 Å². The van der Waals surface area contributed by atoms with Crippen LogP contribution >= 0.6 is 23.2 Å². The molecule has 0 aliphatic rings. The molecule has 14 heavy (non-hydrogen) atoms. The number of nitrogens with zero attached hydrogens (tertiary/aromatic N) is 1. The van der Waals surface area contributed by atoms with Gasteiger partial charge in [0.25, 0.3) is 5.91 Å². The molecule has 0 atom stereocenters. The fourth-order valence-corrected chi connectivity index (χ4v) is 0.653. The molecule has 0 aromatic rings. The van der Waals surface area contributed by atoms with Gasteiger partial charge >= 0.3 is 0 Å². The first-order valence-corrected chi connectivity index (χ1v) is 4.42. The summed E-state index contributed by atoms with van der Waals surface area (Å²) < 4.78 is 4.61. The summed E-state index contributed by atoms with van der Waals surface area (Å²) in [6.07, 6.45) is 0. The lowest BCUT2D eigenvalue weighted by Gasteiger charge is -2.21. The van der Waals surface area contributed by atoms with E-state index in [9.17, 15) is 4.79 Å². The molecule has 0 fully saturated rings. The Hall–Kier alpha value is -0.760. The van der Waals surface area contributed by atoms with Gasteiger partial charge in [-0.05, 0) is 13.8 Å². The molecule has 0 saturated carbocycles. The van der Waals surface area contributed by atoms with E-state index in [1.54, 1.807) is 19.9 Å². The Bertz CT molecular complexity index is 301. The molecule has 0 saturated heterocycles. The third-order valence-corrected chi connectivity index (χ3v) is 1.97. The minimum Gasteiger partial charge on any atom is -0.369 e. The van der Waals surface area contributed by atoms with Crippen molar-refractivity contribution >= 4 is 29.1 Å². The summed E-state index contributed by atoms with van der Waals surface area (Å²) in [6, 6.07) is 1.66. The third kappa shape index (κ3) is 3.54. The van der Waals surface area contributed by atoms with Crippen molar-refractivity contribution in [2.75, 3.05) is 7.11 Å². The minimum absolute atomic E-state index is 0.191. The van der Waals surface area contributed by atoms with Crippen LogP contribution in [0.25, 0.3) is 0 Å². The van der Waals surface area contributed by atoms with Crippen molar-refractivity contribution in [3.05, 3.63) is 10.2 Å². The maximum absolute atomic E-state index is 11.4. The summed E-state index contributed by atoms with van der Waals surface area (Å²) in [5.74, 6) is -0.490. The van der Waals surface area contributed by atoms with Gasteiger partial charge in [0, 0.05) is 7.11 Å². The van der Waals surface area contributed by atoms with Crippen LogP contribution in [0, 0.1) is 11.3 Å². The fourth-order valence-electron chi connectivity index (χ4n) is 0.474. The number of rotatable bonds is 3. The van der Waals surface area contributed by atoms with Crippen molar-refractivity contribution < 1.29 is 9.53 Å². The number of halogens is 2. The zero-order valence-corrected chi connectivity index (χ0v) is 9.53. The number of methoxy groups -OCH3 is 1. The van der Waals surface area contributed by atoms with Gasteiger partial charge in [0.1, 0.15) is 16.2 Å². The second-order valence-electron chi connectivity index (χ2n) is 2.92. The summed E-state index contributed by atoms with van der Waals surface area (Å²) in [6.45, 7) is 3.11. The molecule has 0 bridgehead atoms. The maximum Gasteiger partial charge on any atom is 0.256 e. The minimum atomic E-state index is -1.04. The topological polar surface area (TPSA) is 62.1 Å². The van der Waals surface area contributed by atoms with E-state index in [0.717, 1.165) is 0 Å². The number of allylic oxidation sites excluding steroid dienone is 1. The quantitative estimate of drug-likeness (QED) is 0.760. The molecule has 1 N–H and O–H groups in total. The molecule has 0 rings (SSSR count). The molecule has 0 heterocycles. The van der Waals surface area contributed by atoms with Crippen LogP contribution in [0.2, 0.25) is 0 Å². The van der Waals surface area contributed by atoms with Gasteiger partial charge in [0.05, 0.1) is 0 Å². The molecular formula is C8H10Cl2N2O2. The Kier molecular flexibility index (Phi) is 4.92. The number of amides is 1. The molecular weight excluding hydrogens is 227 g/mol. The molecule has 0 unspecified atom stereocenters. The Labute approximate surface area is 92.4 Å². The van der Waals surface area contributed by atoms with Crippen molar-refractivity contribution in [2.24, 2.45) is 0 Å². The number of carbonyl (C=O) groups excluding carboxylic acids is 1. The molecule has 6 heteroatoms. The molecule has 0 aromatic heterocycles. The van der Waals surface area contributed by atoms with Crippen LogP contribution < -0.4 is 5.32 Å². The fraction of sp³-hybridized carbons (Fsp3) is 0.500. The van der Waals surface area contributed by atoms with Crippen molar-refractivity contribution in [3.63, 3.8) is 0 Å². The highest BCUT2D eigenvalue weighted by Gasteiger charge is 2.27. The Balaban J connectivity index is 4.66. The number of nitriles is 1. The lowest BCUT2D eigenvalue weighted by molar-refractivity contribution is -0.138. The van der Waals surface area contributed by atoms with Gasteiger partial charge in [-0.15, -0.1) is 0 Å². The van der Waals surface area contributed by atoms with Gasteiger partial charge in [-0.2, -0.15) is 5.26 Å². The molecule has 0 aromatic carbocycles. The lowest BCUT2D eigenvalue weighted by atomic mass is 10.1. The van der Waals surface area contributed by atoms with E-state index in [-0.39, 0.29) is 10.2 Å². The molecule has 4 nitrogen and oxygen atoms in total. The lowest BCUT2D eigenvalue weighted by Crippen LogP contribution is -2.43. The average Bonchev–Trinajstić information content (AvgIpc) is 2.12. The van der Waals surface area contributed by atoms with E-state index in [2.05, 4.69) is 5.32 Å². The third-order valence-electron chi connectivity index (χ3n) is 1.60. The first-order valence-electron chi connectivity index (χ1n) is 3.67. The Morgan fingerprint density at radius 2 is 2.00 bits per heavy atom. The normalized spacial score (nSPS) is 10.3. The maximum atomic E-state index is 11.4. The van der Waals surface area contributed by atoms with Crippen LogP contribution in [0.1, 0.15) is 13.8 Å². The van der Waals surface area contributed by atoms with Crippen LogP contribution in [0.4, 0.5) is 0 Å². The van der Waals surface area contributed by atoms with Crippen LogP contribution in [0.15, 0.2) is 10.2 Å². The highest BCUT2D eigenvalue weighted by atomic mass is 35.5. The van der Waals surface area contributed by atoms with Gasteiger partial charge in [0.15, 0.2) is 5.70 Å². The summed E-state index contributed by atoms with van der Waals surface area (Å²) in [5.41, 5.74) is -1.23. The van der Waals surface area contributed by atoms with E-state index in [0.29, 0.717) is 0 Å². The van der Waals surface area contributed by atoms with E-state index < -0.39 is 11.5 Å². The van der Waals surface area contributed by atoms with E-state index in [1.165, 1.54) is 7.11 Å². The van der Waals surface area contributed by atoms with Crippen LogP contribution in [-0.2, 0) is 9.53 Å². The number of hydrogen-bond donors (Lipinski definition) is 1. The predicted octanol–water partition coefficient (Wildman–Crippen LogP) is 1.70. The van der Waals surface area contributed by atoms with Crippen LogP contribution in [0.5, 0.6) is 0 Å². The van der Waals surface area contributed by atoms with Gasteiger partial charge < -0.3 is 10.1 Å². The predicted molar refractivity (Wildman–Crippen MR) is 53.6 cm³/mol. The molecule has 0 aliphatic carbocycles. The van der Waals surface area contributed by atoms with Crippen LogP contribution in [0.3, 0.4) is 0 Å². The number of hydrogen-bond acceptors (Lipinski definition) is 3. The molecule has 78 valence electrons. The highest BCUT2D eigenvalue weighted by Crippen LogP contribution is 2.13. The van der Waals surface area contributed by atoms with Gasteiger partial charge in [-0.25, -0.2) is 0 Å². The second kappa shape index (κ2) is 5.20. The zero-order chi connectivity index (χ0) is 11.4. The summed E-state index contributed by atoms with van der Waals surface area (Å²) >= 11 is 10.7. The van der Waals surface area contributed by atoms with E-state index in [1.807, 2.05) is 0 Å². The van der Waals surface area contributed by atoms with E-state index >= 15 is 0 Å². The second-order valence-corrected chi connectivity index (χ2v) is 3.87.